The van der Waals surface area contributed by atoms with Gasteiger partial charge in [-0.25, -0.2) is 4.79 Å². The van der Waals surface area contributed by atoms with Gasteiger partial charge in [-0.05, 0) is 19.5 Å². The number of carbonyl (C=O) groups is 1. The van der Waals surface area contributed by atoms with Crippen LogP contribution in [0.3, 0.4) is 0 Å². The van der Waals surface area contributed by atoms with Crippen molar-refractivity contribution in [3.63, 3.8) is 0 Å². The smallest absolute Gasteiger partial charge is 0.335 e. The lowest BCUT2D eigenvalue weighted by Gasteiger charge is -2.22. The summed E-state index contributed by atoms with van der Waals surface area (Å²) in [6, 6.07) is 10.6. The number of carbonyl (C=O) groups excluding carboxylic acids is 1. The molecule has 1 fully saturated rings. The highest BCUT2D eigenvalue weighted by atomic mass is 16.6. The Hall–Kier alpha value is -1.39. The second-order valence-electron chi connectivity index (χ2n) is 4.86. The minimum absolute atomic E-state index is 0.238. The predicted octanol–water partition coefficient (Wildman–Crippen LogP) is 1.84. The summed E-state index contributed by atoms with van der Waals surface area (Å²) < 4.78 is 10.5. The molecule has 2 atom stereocenters. The van der Waals surface area contributed by atoms with Gasteiger partial charge in [0.25, 0.3) is 0 Å². The fraction of sp³-hybridized carbons (Fsp3) is 0.533. The largest absolute Gasteiger partial charge is 0.464 e. The molecule has 1 aromatic carbocycles. The van der Waals surface area contributed by atoms with Crippen LogP contribution < -0.4 is 0 Å². The second kappa shape index (κ2) is 6.68. The minimum atomic E-state index is -0.400. The van der Waals surface area contributed by atoms with Crippen molar-refractivity contribution in [1.82, 2.24) is 4.90 Å². The predicted molar refractivity (Wildman–Crippen MR) is 72.7 cm³/mol. The van der Waals surface area contributed by atoms with E-state index in [1.54, 1.807) is 0 Å². The second-order valence-corrected chi connectivity index (χ2v) is 4.86. The van der Waals surface area contributed by atoms with E-state index < -0.39 is 6.10 Å². The summed E-state index contributed by atoms with van der Waals surface area (Å²) in [5.74, 6) is -0.238. The average molecular weight is 263 g/mol. The number of rotatable bonds is 5. The van der Waals surface area contributed by atoms with Crippen LogP contribution in [0.25, 0.3) is 0 Å². The van der Waals surface area contributed by atoms with Crippen LogP contribution >= 0.6 is 0 Å². The van der Waals surface area contributed by atoms with Crippen LogP contribution in [0.1, 0.15) is 18.9 Å². The first-order valence-electron chi connectivity index (χ1n) is 6.73. The molecule has 0 spiro atoms. The standard InChI is InChI=1S/C15H21NO3/c1-3-18-15(17)14-9-13(11-19-14)16(2)10-12-7-5-4-6-8-12/h4-8,13-14H,3,9-11H2,1-2H3. The Morgan fingerprint density at radius 3 is 2.84 bits per heavy atom. The summed E-state index contributed by atoms with van der Waals surface area (Å²) in [5, 5.41) is 0. The molecule has 0 N–H and O–H groups in total. The molecule has 0 amide bonds. The van der Waals surface area contributed by atoms with Crippen LogP contribution in [0.5, 0.6) is 0 Å². The van der Waals surface area contributed by atoms with E-state index in [9.17, 15) is 4.79 Å². The van der Waals surface area contributed by atoms with Gasteiger partial charge in [-0.3, -0.25) is 4.90 Å². The molecule has 19 heavy (non-hydrogen) atoms. The molecule has 4 heteroatoms. The van der Waals surface area contributed by atoms with E-state index in [0.717, 1.165) is 6.54 Å². The molecular weight excluding hydrogens is 242 g/mol. The van der Waals surface area contributed by atoms with E-state index in [1.165, 1.54) is 5.56 Å². The van der Waals surface area contributed by atoms with E-state index in [4.69, 9.17) is 9.47 Å². The highest BCUT2D eigenvalue weighted by Gasteiger charge is 2.33. The van der Waals surface area contributed by atoms with Crippen LogP contribution in [0.2, 0.25) is 0 Å². The molecule has 0 aromatic heterocycles. The Kier molecular flexibility index (Phi) is 4.93. The zero-order valence-corrected chi connectivity index (χ0v) is 11.5. The van der Waals surface area contributed by atoms with Crippen LogP contribution in [0.4, 0.5) is 0 Å². The molecule has 0 bridgehead atoms. The lowest BCUT2D eigenvalue weighted by molar-refractivity contribution is -0.153. The van der Waals surface area contributed by atoms with Crippen molar-refractivity contribution in [1.29, 1.82) is 0 Å². The molecule has 4 nitrogen and oxygen atoms in total. The van der Waals surface area contributed by atoms with Crippen molar-refractivity contribution in [3.8, 4) is 0 Å². The van der Waals surface area contributed by atoms with E-state index >= 15 is 0 Å². The number of hydrogen-bond donors (Lipinski definition) is 0. The monoisotopic (exact) mass is 263 g/mol. The highest BCUT2D eigenvalue weighted by molar-refractivity contribution is 5.75. The first-order chi connectivity index (χ1) is 9.20. The zero-order valence-electron chi connectivity index (χ0n) is 11.5. The molecule has 1 heterocycles. The van der Waals surface area contributed by atoms with E-state index in [-0.39, 0.29) is 12.0 Å². The number of nitrogens with zero attached hydrogens (tertiary/aromatic N) is 1. The van der Waals surface area contributed by atoms with Crippen LogP contribution in [0.15, 0.2) is 30.3 Å². The molecule has 0 saturated carbocycles. The highest BCUT2D eigenvalue weighted by Crippen LogP contribution is 2.20. The van der Waals surface area contributed by atoms with E-state index in [2.05, 4.69) is 24.1 Å². The van der Waals surface area contributed by atoms with Crippen molar-refractivity contribution >= 4 is 5.97 Å². The maximum atomic E-state index is 11.6. The van der Waals surface area contributed by atoms with Gasteiger partial charge < -0.3 is 9.47 Å². The molecule has 1 saturated heterocycles. The van der Waals surface area contributed by atoms with Gasteiger partial charge in [0.1, 0.15) is 0 Å². The van der Waals surface area contributed by atoms with Gasteiger partial charge in [-0.15, -0.1) is 0 Å². The van der Waals surface area contributed by atoms with Crippen molar-refractivity contribution in [3.05, 3.63) is 35.9 Å². The third-order valence-electron chi connectivity index (χ3n) is 3.42. The number of likely N-dealkylation sites (N-methyl/N-ethyl adjacent to an activating group) is 1. The van der Waals surface area contributed by atoms with Crippen molar-refractivity contribution in [2.24, 2.45) is 0 Å². The molecule has 104 valence electrons. The third-order valence-corrected chi connectivity index (χ3v) is 3.42. The normalized spacial score (nSPS) is 22.7. The lowest BCUT2D eigenvalue weighted by Crippen LogP contribution is -2.32. The van der Waals surface area contributed by atoms with Crippen molar-refractivity contribution in [2.45, 2.75) is 32.0 Å². The summed E-state index contributed by atoms with van der Waals surface area (Å²) in [7, 11) is 2.06. The molecule has 1 aliphatic heterocycles. The minimum Gasteiger partial charge on any atom is -0.464 e. The fourth-order valence-corrected chi connectivity index (χ4v) is 2.32. The molecule has 1 aromatic rings. The first kappa shape index (κ1) is 14.0. The molecule has 2 unspecified atom stereocenters. The van der Waals surface area contributed by atoms with Gasteiger partial charge in [0.05, 0.1) is 13.2 Å². The van der Waals surface area contributed by atoms with Crippen LogP contribution in [-0.4, -0.2) is 43.3 Å². The van der Waals surface area contributed by atoms with Gasteiger partial charge in [0.15, 0.2) is 6.10 Å². The van der Waals surface area contributed by atoms with Gasteiger partial charge in [-0.1, -0.05) is 30.3 Å². The van der Waals surface area contributed by atoms with Crippen LogP contribution in [0, 0.1) is 0 Å². The van der Waals surface area contributed by atoms with Gasteiger partial charge in [-0.2, -0.15) is 0 Å². The van der Waals surface area contributed by atoms with Crippen LogP contribution in [-0.2, 0) is 20.8 Å². The number of benzene rings is 1. The van der Waals surface area contributed by atoms with Gasteiger partial charge >= 0.3 is 5.97 Å². The molecule has 0 radical (unpaired) electrons. The summed E-state index contributed by atoms with van der Waals surface area (Å²) >= 11 is 0. The summed E-state index contributed by atoms with van der Waals surface area (Å²) in [4.78, 5) is 13.8. The summed E-state index contributed by atoms with van der Waals surface area (Å²) in [5.41, 5.74) is 1.27. The van der Waals surface area contributed by atoms with Crippen molar-refractivity contribution < 1.29 is 14.3 Å². The van der Waals surface area contributed by atoms with E-state index in [1.807, 2.05) is 25.1 Å². The Balaban J connectivity index is 1.85. The van der Waals surface area contributed by atoms with Gasteiger partial charge in [0, 0.05) is 19.0 Å². The Labute approximate surface area is 114 Å². The van der Waals surface area contributed by atoms with Crippen molar-refractivity contribution in [2.75, 3.05) is 20.3 Å². The number of ether oxygens (including phenoxy) is 2. The van der Waals surface area contributed by atoms with E-state index in [0.29, 0.717) is 19.6 Å². The fourth-order valence-electron chi connectivity index (χ4n) is 2.32. The first-order valence-corrected chi connectivity index (χ1v) is 6.73. The quantitative estimate of drug-likeness (QED) is 0.760. The lowest BCUT2D eigenvalue weighted by atomic mass is 10.1. The molecule has 0 aliphatic carbocycles. The SMILES string of the molecule is CCOC(=O)C1CC(N(C)Cc2ccccc2)CO1. The number of hydrogen-bond acceptors (Lipinski definition) is 4. The summed E-state index contributed by atoms with van der Waals surface area (Å²) in [6.07, 6.45) is 0.311. The molecule has 2 rings (SSSR count). The Bertz CT molecular complexity index is 407. The Morgan fingerprint density at radius 1 is 1.42 bits per heavy atom. The van der Waals surface area contributed by atoms with Gasteiger partial charge in [0.2, 0.25) is 0 Å². The molecular formula is C15H21NO3. The molecule has 1 aliphatic rings. The average Bonchev–Trinajstić information content (AvgIpc) is 2.90. The topological polar surface area (TPSA) is 38.8 Å². The maximum Gasteiger partial charge on any atom is 0.335 e. The third kappa shape index (κ3) is 3.78. The Morgan fingerprint density at radius 2 is 2.16 bits per heavy atom. The zero-order chi connectivity index (χ0) is 13.7. The summed E-state index contributed by atoms with van der Waals surface area (Å²) in [6.45, 7) is 3.67. The number of esters is 1. The maximum absolute atomic E-state index is 11.6.